The van der Waals surface area contributed by atoms with E-state index in [-0.39, 0.29) is 5.91 Å². The molecule has 1 heterocycles. The number of rotatable bonds is 4. The van der Waals surface area contributed by atoms with Crippen LogP contribution in [0.3, 0.4) is 0 Å². The number of aryl methyl sites for hydroxylation is 3. The Morgan fingerprint density at radius 3 is 2.55 bits per heavy atom. The average Bonchev–Trinajstić information content (AvgIpc) is 2.77. The van der Waals surface area contributed by atoms with Crippen LogP contribution >= 0.6 is 0 Å². The van der Waals surface area contributed by atoms with Crippen LogP contribution in [0.2, 0.25) is 0 Å². The van der Waals surface area contributed by atoms with Crippen molar-refractivity contribution in [3.8, 4) is 0 Å². The van der Waals surface area contributed by atoms with E-state index in [9.17, 15) is 4.79 Å². The van der Waals surface area contributed by atoms with Crippen LogP contribution in [0.1, 0.15) is 39.8 Å². The molecule has 0 unspecified atom stereocenters. The Labute approximate surface area is 118 Å². The lowest BCUT2D eigenvalue weighted by Gasteiger charge is -2.01. The highest BCUT2D eigenvalue weighted by molar-refractivity contribution is 5.95. The summed E-state index contributed by atoms with van der Waals surface area (Å²) in [6.07, 6.45) is 2.61. The van der Waals surface area contributed by atoms with Crippen LogP contribution in [0.5, 0.6) is 0 Å². The SMILES string of the molecule is CCc1ccc(C(=O)N/N=C/c2cc(C)[nH]c2C)cc1. The zero-order chi connectivity index (χ0) is 14.5. The molecule has 2 rings (SSSR count). The second-order valence-corrected chi connectivity index (χ2v) is 4.78. The first kappa shape index (κ1) is 14.1. The minimum Gasteiger partial charge on any atom is -0.362 e. The Balaban J connectivity index is 1.99. The van der Waals surface area contributed by atoms with E-state index in [4.69, 9.17) is 0 Å². The van der Waals surface area contributed by atoms with Crippen LogP contribution in [0.4, 0.5) is 0 Å². The average molecular weight is 269 g/mol. The molecule has 4 heteroatoms. The molecular formula is C16H19N3O. The van der Waals surface area contributed by atoms with Crippen molar-refractivity contribution in [1.29, 1.82) is 0 Å². The van der Waals surface area contributed by atoms with Gasteiger partial charge in [-0.25, -0.2) is 5.43 Å². The molecule has 0 bridgehead atoms. The lowest BCUT2D eigenvalue weighted by atomic mass is 10.1. The van der Waals surface area contributed by atoms with E-state index in [0.717, 1.165) is 23.4 Å². The first-order valence-electron chi connectivity index (χ1n) is 6.68. The molecule has 0 atom stereocenters. The monoisotopic (exact) mass is 269 g/mol. The molecule has 1 aromatic carbocycles. The van der Waals surface area contributed by atoms with E-state index in [1.807, 2.05) is 44.2 Å². The number of hydrazone groups is 1. The number of hydrogen-bond donors (Lipinski definition) is 2. The molecular weight excluding hydrogens is 250 g/mol. The summed E-state index contributed by atoms with van der Waals surface area (Å²) < 4.78 is 0. The number of carbonyl (C=O) groups is 1. The van der Waals surface area contributed by atoms with Crippen molar-refractivity contribution in [2.24, 2.45) is 5.10 Å². The number of carbonyl (C=O) groups excluding carboxylic acids is 1. The van der Waals surface area contributed by atoms with Gasteiger partial charge in [-0.3, -0.25) is 4.79 Å². The second kappa shape index (κ2) is 6.19. The molecule has 0 saturated carbocycles. The Kier molecular flexibility index (Phi) is 4.35. The Morgan fingerprint density at radius 2 is 2.00 bits per heavy atom. The highest BCUT2D eigenvalue weighted by Crippen LogP contribution is 2.07. The van der Waals surface area contributed by atoms with Gasteiger partial charge in [0.1, 0.15) is 0 Å². The quantitative estimate of drug-likeness (QED) is 0.650. The van der Waals surface area contributed by atoms with Gasteiger partial charge in [0.2, 0.25) is 0 Å². The van der Waals surface area contributed by atoms with Crippen molar-refractivity contribution in [1.82, 2.24) is 10.4 Å². The van der Waals surface area contributed by atoms with Crippen LogP contribution in [-0.4, -0.2) is 17.1 Å². The molecule has 2 aromatic rings. The molecule has 0 aliphatic carbocycles. The van der Waals surface area contributed by atoms with Crippen LogP contribution in [0, 0.1) is 13.8 Å². The lowest BCUT2D eigenvalue weighted by molar-refractivity contribution is 0.0955. The molecule has 20 heavy (non-hydrogen) atoms. The van der Waals surface area contributed by atoms with Crippen LogP contribution in [0.25, 0.3) is 0 Å². The summed E-state index contributed by atoms with van der Waals surface area (Å²) in [6.45, 7) is 6.04. The van der Waals surface area contributed by atoms with E-state index < -0.39 is 0 Å². The molecule has 4 nitrogen and oxygen atoms in total. The van der Waals surface area contributed by atoms with Gasteiger partial charge in [-0.1, -0.05) is 19.1 Å². The van der Waals surface area contributed by atoms with Crippen molar-refractivity contribution in [2.75, 3.05) is 0 Å². The smallest absolute Gasteiger partial charge is 0.271 e. The van der Waals surface area contributed by atoms with Crippen molar-refractivity contribution in [3.63, 3.8) is 0 Å². The topological polar surface area (TPSA) is 57.2 Å². The van der Waals surface area contributed by atoms with Gasteiger partial charge in [-0.15, -0.1) is 0 Å². The third-order valence-electron chi connectivity index (χ3n) is 3.18. The summed E-state index contributed by atoms with van der Waals surface area (Å²) in [6, 6.07) is 9.53. The predicted molar refractivity (Wildman–Crippen MR) is 81.1 cm³/mol. The van der Waals surface area contributed by atoms with Gasteiger partial charge < -0.3 is 4.98 Å². The van der Waals surface area contributed by atoms with Gasteiger partial charge in [-0.05, 0) is 44.0 Å². The van der Waals surface area contributed by atoms with Crippen LogP contribution < -0.4 is 5.43 Å². The summed E-state index contributed by atoms with van der Waals surface area (Å²) in [4.78, 5) is 15.1. The third-order valence-corrected chi connectivity index (χ3v) is 3.18. The standard InChI is InChI=1S/C16H19N3O/c1-4-13-5-7-14(8-6-13)16(20)19-17-10-15-9-11(2)18-12(15)3/h5-10,18H,4H2,1-3H3,(H,19,20)/b17-10+. The normalized spacial score (nSPS) is 10.9. The summed E-state index contributed by atoms with van der Waals surface area (Å²) in [7, 11) is 0. The molecule has 0 saturated heterocycles. The van der Waals surface area contributed by atoms with Gasteiger partial charge in [0.05, 0.1) is 6.21 Å². The zero-order valence-corrected chi connectivity index (χ0v) is 12.0. The minimum absolute atomic E-state index is 0.200. The van der Waals surface area contributed by atoms with Crippen molar-refractivity contribution in [3.05, 3.63) is 58.4 Å². The summed E-state index contributed by atoms with van der Waals surface area (Å²) in [5.74, 6) is -0.200. The molecule has 0 radical (unpaired) electrons. The summed E-state index contributed by atoms with van der Waals surface area (Å²) in [5, 5.41) is 3.99. The van der Waals surface area contributed by atoms with Crippen molar-refractivity contribution in [2.45, 2.75) is 27.2 Å². The Morgan fingerprint density at radius 1 is 1.30 bits per heavy atom. The molecule has 1 amide bonds. The van der Waals surface area contributed by atoms with Gasteiger partial charge in [0.25, 0.3) is 5.91 Å². The molecule has 0 fully saturated rings. The Bertz CT molecular complexity index is 624. The van der Waals surface area contributed by atoms with E-state index in [0.29, 0.717) is 5.56 Å². The Hall–Kier alpha value is -2.36. The van der Waals surface area contributed by atoms with Crippen LogP contribution in [0.15, 0.2) is 35.4 Å². The second-order valence-electron chi connectivity index (χ2n) is 4.78. The number of hydrogen-bond acceptors (Lipinski definition) is 2. The number of H-pyrrole nitrogens is 1. The predicted octanol–water partition coefficient (Wildman–Crippen LogP) is 2.96. The number of benzene rings is 1. The number of aromatic nitrogens is 1. The summed E-state index contributed by atoms with van der Waals surface area (Å²) in [5.41, 5.74) is 7.45. The largest absolute Gasteiger partial charge is 0.362 e. The highest BCUT2D eigenvalue weighted by Gasteiger charge is 2.04. The van der Waals surface area contributed by atoms with E-state index >= 15 is 0 Å². The van der Waals surface area contributed by atoms with Gasteiger partial charge in [0.15, 0.2) is 0 Å². The fraction of sp³-hybridized carbons (Fsp3) is 0.250. The van der Waals surface area contributed by atoms with Crippen molar-refractivity contribution >= 4 is 12.1 Å². The number of nitrogens with zero attached hydrogens (tertiary/aromatic N) is 1. The third kappa shape index (κ3) is 3.35. The minimum atomic E-state index is -0.200. The zero-order valence-electron chi connectivity index (χ0n) is 12.0. The van der Waals surface area contributed by atoms with Gasteiger partial charge in [-0.2, -0.15) is 5.10 Å². The maximum atomic E-state index is 11.9. The molecule has 0 spiro atoms. The highest BCUT2D eigenvalue weighted by atomic mass is 16.2. The first-order valence-corrected chi connectivity index (χ1v) is 6.68. The number of nitrogens with one attached hydrogen (secondary N) is 2. The molecule has 0 aliphatic heterocycles. The van der Waals surface area contributed by atoms with Crippen LogP contribution in [-0.2, 0) is 6.42 Å². The molecule has 0 aliphatic rings. The van der Waals surface area contributed by atoms with Gasteiger partial charge in [0, 0.05) is 22.5 Å². The fourth-order valence-electron chi connectivity index (χ4n) is 2.00. The molecule has 1 aromatic heterocycles. The summed E-state index contributed by atoms with van der Waals surface area (Å²) >= 11 is 0. The first-order chi connectivity index (χ1) is 9.60. The lowest BCUT2D eigenvalue weighted by Crippen LogP contribution is -2.17. The number of aromatic amines is 1. The maximum Gasteiger partial charge on any atom is 0.271 e. The molecule has 2 N–H and O–H groups in total. The fourth-order valence-corrected chi connectivity index (χ4v) is 2.00. The number of amides is 1. The van der Waals surface area contributed by atoms with Gasteiger partial charge >= 0.3 is 0 Å². The molecule has 104 valence electrons. The van der Waals surface area contributed by atoms with E-state index in [2.05, 4.69) is 22.4 Å². The maximum absolute atomic E-state index is 11.9. The van der Waals surface area contributed by atoms with E-state index in [1.165, 1.54) is 5.56 Å². The van der Waals surface area contributed by atoms with Crippen molar-refractivity contribution < 1.29 is 4.79 Å². The van der Waals surface area contributed by atoms with E-state index in [1.54, 1.807) is 6.21 Å².